The Labute approximate surface area is 120 Å². The molecule has 1 aromatic carbocycles. The molecule has 0 aliphatic carbocycles. The van der Waals surface area contributed by atoms with Crippen LogP contribution in [0.15, 0.2) is 34.4 Å². The Morgan fingerprint density at radius 3 is 2.78 bits per heavy atom. The van der Waals surface area contributed by atoms with Crippen LogP contribution in [0.1, 0.15) is 12.5 Å². The van der Waals surface area contributed by atoms with Gasteiger partial charge in [-0.2, -0.15) is 0 Å². The van der Waals surface area contributed by atoms with E-state index < -0.39 is 0 Å². The number of nitrogens with two attached hydrogens (primary N) is 1. The lowest BCUT2D eigenvalue weighted by Crippen LogP contribution is -2.00. The first-order valence-electron chi connectivity index (χ1n) is 5.34. The molecule has 0 atom stereocenters. The number of hydrogen-bond acceptors (Lipinski definition) is 4. The predicted octanol–water partition coefficient (Wildman–Crippen LogP) is 4.08. The standard InChI is InChI=1S/C12H11Cl2N3S/c1-2-8-11(15)16-6-17-12(8)18-10-5-7(13)3-4-9(10)14/h3-6H,2H2,1H3,(H2,15,16,17). The summed E-state index contributed by atoms with van der Waals surface area (Å²) < 4.78 is 0. The van der Waals surface area contributed by atoms with Crippen LogP contribution in [0.5, 0.6) is 0 Å². The Morgan fingerprint density at radius 2 is 2.06 bits per heavy atom. The lowest BCUT2D eigenvalue weighted by molar-refractivity contribution is 0.953. The minimum Gasteiger partial charge on any atom is -0.383 e. The molecule has 0 aliphatic heterocycles. The molecule has 0 saturated carbocycles. The molecule has 0 amide bonds. The van der Waals surface area contributed by atoms with Gasteiger partial charge in [-0.3, -0.25) is 0 Å². The molecular formula is C12H11Cl2N3S. The first-order valence-corrected chi connectivity index (χ1v) is 6.91. The maximum Gasteiger partial charge on any atom is 0.131 e. The lowest BCUT2D eigenvalue weighted by Gasteiger charge is -2.09. The smallest absolute Gasteiger partial charge is 0.131 e. The first-order chi connectivity index (χ1) is 8.61. The summed E-state index contributed by atoms with van der Waals surface area (Å²) in [5.41, 5.74) is 6.76. The minimum atomic E-state index is 0.508. The highest BCUT2D eigenvalue weighted by molar-refractivity contribution is 7.99. The number of nitrogen functional groups attached to an aromatic ring is 1. The van der Waals surface area contributed by atoms with E-state index in [1.54, 1.807) is 12.1 Å². The van der Waals surface area contributed by atoms with Crippen molar-refractivity contribution in [2.45, 2.75) is 23.3 Å². The zero-order valence-electron chi connectivity index (χ0n) is 9.65. The maximum atomic E-state index is 6.13. The monoisotopic (exact) mass is 299 g/mol. The number of nitrogens with zero attached hydrogens (tertiary/aromatic N) is 2. The van der Waals surface area contributed by atoms with Crippen LogP contribution in [0.25, 0.3) is 0 Å². The van der Waals surface area contributed by atoms with Crippen LogP contribution in [-0.2, 0) is 6.42 Å². The molecule has 0 fully saturated rings. The van der Waals surface area contributed by atoms with Crippen molar-refractivity contribution in [1.29, 1.82) is 0 Å². The summed E-state index contributed by atoms with van der Waals surface area (Å²) in [5, 5.41) is 2.10. The summed E-state index contributed by atoms with van der Waals surface area (Å²) in [7, 11) is 0. The number of aromatic nitrogens is 2. The van der Waals surface area contributed by atoms with E-state index in [2.05, 4.69) is 9.97 Å². The maximum absolute atomic E-state index is 6.13. The van der Waals surface area contributed by atoms with Gasteiger partial charge in [-0.15, -0.1) is 0 Å². The summed E-state index contributed by atoms with van der Waals surface area (Å²) in [6.07, 6.45) is 2.22. The van der Waals surface area contributed by atoms with Crippen LogP contribution >= 0.6 is 35.0 Å². The highest BCUT2D eigenvalue weighted by atomic mass is 35.5. The molecule has 2 N–H and O–H groups in total. The van der Waals surface area contributed by atoms with E-state index >= 15 is 0 Å². The zero-order chi connectivity index (χ0) is 13.1. The molecule has 1 heterocycles. The van der Waals surface area contributed by atoms with Gasteiger partial charge >= 0.3 is 0 Å². The summed E-state index contributed by atoms with van der Waals surface area (Å²) in [5.74, 6) is 0.508. The van der Waals surface area contributed by atoms with Gasteiger partial charge in [-0.25, -0.2) is 9.97 Å². The van der Waals surface area contributed by atoms with E-state index in [-0.39, 0.29) is 0 Å². The summed E-state index contributed by atoms with van der Waals surface area (Å²) >= 11 is 13.5. The first kappa shape index (κ1) is 13.5. The molecule has 18 heavy (non-hydrogen) atoms. The van der Waals surface area contributed by atoms with Gasteiger partial charge in [0.15, 0.2) is 0 Å². The van der Waals surface area contributed by atoms with Crippen LogP contribution in [0.4, 0.5) is 5.82 Å². The molecule has 3 nitrogen and oxygen atoms in total. The highest BCUT2D eigenvalue weighted by Crippen LogP contribution is 2.36. The molecule has 2 aromatic rings. The van der Waals surface area contributed by atoms with Gasteiger partial charge in [0, 0.05) is 15.5 Å². The van der Waals surface area contributed by atoms with Crippen LogP contribution in [0.2, 0.25) is 10.0 Å². The van der Waals surface area contributed by atoms with Gasteiger partial charge in [-0.05, 0) is 24.6 Å². The van der Waals surface area contributed by atoms with Crippen molar-refractivity contribution < 1.29 is 0 Å². The Bertz CT molecular complexity index is 575. The third-order valence-corrected chi connectivity index (χ3v) is 4.17. The second kappa shape index (κ2) is 5.78. The van der Waals surface area contributed by atoms with E-state index in [9.17, 15) is 0 Å². The van der Waals surface area contributed by atoms with Crippen molar-refractivity contribution in [2.24, 2.45) is 0 Å². The molecule has 0 saturated heterocycles. The fourth-order valence-electron chi connectivity index (χ4n) is 1.49. The quantitative estimate of drug-likeness (QED) is 0.868. The number of hydrogen-bond donors (Lipinski definition) is 1. The van der Waals surface area contributed by atoms with Crippen LogP contribution in [0, 0.1) is 0 Å². The van der Waals surface area contributed by atoms with Crippen molar-refractivity contribution in [1.82, 2.24) is 9.97 Å². The Hall–Kier alpha value is -0.970. The molecule has 6 heteroatoms. The number of rotatable bonds is 3. The third kappa shape index (κ3) is 2.88. The molecule has 0 unspecified atom stereocenters. The van der Waals surface area contributed by atoms with Crippen molar-refractivity contribution in [3.8, 4) is 0 Å². The lowest BCUT2D eigenvalue weighted by atomic mass is 10.2. The van der Waals surface area contributed by atoms with Crippen molar-refractivity contribution in [3.63, 3.8) is 0 Å². The Balaban J connectivity index is 2.40. The summed E-state index contributed by atoms with van der Waals surface area (Å²) in [6.45, 7) is 2.01. The molecule has 0 bridgehead atoms. The fourth-order valence-corrected chi connectivity index (χ4v) is 2.99. The molecule has 94 valence electrons. The van der Waals surface area contributed by atoms with E-state index in [1.165, 1.54) is 18.1 Å². The second-order valence-electron chi connectivity index (χ2n) is 3.57. The zero-order valence-corrected chi connectivity index (χ0v) is 12.0. The van der Waals surface area contributed by atoms with Gasteiger partial charge in [0.05, 0.1) is 5.02 Å². The summed E-state index contributed by atoms with van der Waals surface area (Å²) in [4.78, 5) is 9.09. The molecule has 0 radical (unpaired) electrons. The van der Waals surface area contributed by atoms with Gasteiger partial charge in [0.1, 0.15) is 17.2 Å². The Morgan fingerprint density at radius 1 is 1.28 bits per heavy atom. The van der Waals surface area contributed by atoms with Crippen molar-refractivity contribution >= 4 is 40.8 Å². The van der Waals surface area contributed by atoms with Gasteiger partial charge < -0.3 is 5.73 Å². The molecule has 0 spiro atoms. The van der Waals surface area contributed by atoms with E-state index in [4.69, 9.17) is 28.9 Å². The minimum absolute atomic E-state index is 0.508. The van der Waals surface area contributed by atoms with Gasteiger partial charge in [0.25, 0.3) is 0 Å². The summed E-state index contributed by atoms with van der Waals surface area (Å²) in [6, 6.07) is 5.33. The van der Waals surface area contributed by atoms with Crippen LogP contribution in [0.3, 0.4) is 0 Å². The normalized spacial score (nSPS) is 10.6. The van der Waals surface area contributed by atoms with E-state index in [1.807, 2.05) is 13.0 Å². The third-order valence-electron chi connectivity index (χ3n) is 2.39. The largest absolute Gasteiger partial charge is 0.383 e. The number of halogens is 2. The molecular weight excluding hydrogens is 289 g/mol. The van der Waals surface area contributed by atoms with Crippen LogP contribution < -0.4 is 5.73 Å². The van der Waals surface area contributed by atoms with E-state index in [0.717, 1.165) is 21.9 Å². The van der Waals surface area contributed by atoms with Gasteiger partial charge in [0.2, 0.25) is 0 Å². The SMILES string of the molecule is CCc1c(N)ncnc1Sc1cc(Cl)ccc1Cl. The number of benzene rings is 1. The topological polar surface area (TPSA) is 51.8 Å². The second-order valence-corrected chi connectivity index (χ2v) is 5.45. The van der Waals surface area contributed by atoms with Crippen molar-refractivity contribution in [2.75, 3.05) is 5.73 Å². The van der Waals surface area contributed by atoms with E-state index in [0.29, 0.717) is 15.9 Å². The Kier molecular flexibility index (Phi) is 4.32. The molecule has 2 rings (SSSR count). The highest BCUT2D eigenvalue weighted by Gasteiger charge is 2.11. The fraction of sp³-hybridized carbons (Fsp3) is 0.167. The molecule has 0 aliphatic rings. The number of anilines is 1. The average molecular weight is 300 g/mol. The van der Waals surface area contributed by atoms with Crippen LogP contribution in [-0.4, -0.2) is 9.97 Å². The predicted molar refractivity (Wildman–Crippen MR) is 76.4 cm³/mol. The average Bonchev–Trinajstić information content (AvgIpc) is 2.34. The molecule has 1 aromatic heterocycles. The van der Waals surface area contributed by atoms with Gasteiger partial charge in [-0.1, -0.05) is 41.9 Å². The van der Waals surface area contributed by atoms with Crippen molar-refractivity contribution in [3.05, 3.63) is 40.1 Å².